The molecule has 0 amide bonds. The zero-order chi connectivity index (χ0) is 10.2. The third-order valence-electron chi connectivity index (χ3n) is 1.84. The quantitative estimate of drug-likeness (QED) is 0.642. The molecule has 5 nitrogen and oxygen atoms in total. The molecular weight excluding hydrogens is 194 g/mol. The molecule has 0 aliphatic rings. The fourth-order valence-corrected chi connectivity index (χ4v) is 1.28. The predicted molar refractivity (Wildman–Crippen MR) is 51.5 cm³/mol. The fourth-order valence-electron chi connectivity index (χ4n) is 1.03. The van der Waals surface area contributed by atoms with Crippen LogP contribution in [0.15, 0.2) is 9.59 Å². The minimum Gasteiger partial charge on any atom is -0.381 e. The first-order chi connectivity index (χ1) is 6.00. The SMILES string of the molecule is CNc1c(Cl)n(C)c(=O)n(C)c1=O. The van der Waals surface area contributed by atoms with Gasteiger partial charge in [0.15, 0.2) is 0 Å². The van der Waals surface area contributed by atoms with Crippen molar-refractivity contribution in [2.45, 2.75) is 0 Å². The Labute approximate surface area is 79.6 Å². The largest absolute Gasteiger partial charge is 0.381 e. The second kappa shape index (κ2) is 3.26. The van der Waals surface area contributed by atoms with Crippen LogP contribution in [0.1, 0.15) is 0 Å². The minimum absolute atomic E-state index is 0.121. The zero-order valence-electron chi connectivity index (χ0n) is 7.59. The maximum Gasteiger partial charge on any atom is 0.331 e. The van der Waals surface area contributed by atoms with Crippen molar-refractivity contribution < 1.29 is 0 Å². The van der Waals surface area contributed by atoms with Crippen LogP contribution in [0, 0.1) is 0 Å². The summed E-state index contributed by atoms with van der Waals surface area (Å²) in [6, 6.07) is 0. The van der Waals surface area contributed by atoms with Crippen molar-refractivity contribution in [1.29, 1.82) is 0 Å². The first kappa shape index (κ1) is 9.85. The highest BCUT2D eigenvalue weighted by molar-refractivity contribution is 6.32. The highest BCUT2D eigenvalue weighted by Crippen LogP contribution is 2.12. The Balaban J connectivity index is 3.78. The second-order valence-electron chi connectivity index (χ2n) is 2.62. The maximum atomic E-state index is 11.4. The van der Waals surface area contributed by atoms with Gasteiger partial charge in [0, 0.05) is 21.1 Å². The summed E-state index contributed by atoms with van der Waals surface area (Å²) < 4.78 is 2.20. The second-order valence-corrected chi connectivity index (χ2v) is 2.98. The molecule has 0 atom stereocenters. The molecule has 1 rings (SSSR count). The Morgan fingerprint density at radius 2 is 1.77 bits per heavy atom. The summed E-state index contributed by atoms with van der Waals surface area (Å²) in [6.45, 7) is 0. The Morgan fingerprint density at radius 1 is 1.23 bits per heavy atom. The summed E-state index contributed by atoms with van der Waals surface area (Å²) in [5, 5.41) is 2.77. The number of rotatable bonds is 1. The number of nitrogens with zero attached hydrogens (tertiary/aromatic N) is 2. The van der Waals surface area contributed by atoms with Crippen molar-refractivity contribution in [3.63, 3.8) is 0 Å². The summed E-state index contributed by atoms with van der Waals surface area (Å²) in [5.74, 6) is 0. The molecule has 0 bridgehead atoms. The van der Waals surface area contributed by atoms with Gasteiger partial charge in [0.25, 0.3) is 5.56 Å². The topological polar surface area (TPSA) is 56.0 Å². The van der Waals surface area contributed by atoms with Gasteiger partial charge in [-0.2, -0.15) is 0 Å². The number of halogens is 1. The molecule has 6 heteroatoms. The van der Waals surface area contributed by atoms with Gasteiger partial charge in [0.2, 0.25) is 0 Å². The number of nitrogens with one attached hydrogen (secondary N) is 1. The lowest BCUT2D eigenvalue weighted by Gasteiger charge is -2.08. The molecule has 0 aliphatic carbocycles. The molecule has 0 fully saturated rings. The molecule has 1 aromatic heterocycles. The maximum absolute atomic E-state index is 11.4. The van der Waals surface area contributed by atoms with Gasteiger partial charge < -0.3 is 5.32 Å². The Hall–Kier alpha value is -1.23. The standard InChI is InChI=1S/C7H10ClN3O2/c1-9-4-5(8)10(2)7(13)11(3)6(4)12/h9H,1-3H3. The Morgan fingerprint density at radius 3 is 2.23 bits per heavy atom. The van der Waals surface area contributed by atoms with Gasteiger partial charge in [-0.05, 0) is 0 Å². The van der Waals surface area contributed by atoms with Crippen LogP contribution in [0.5, 0.6) is 0 Å². The van der Waals surface area contributed by atoms with Crippen LogP contribution < -0.4 is 16.6 Å². The van der Waals surface area contributed by atoms with E-state index in [1.54, 1.807) is 7.05 Å². The molecule has 0 unspecified atom stereocenters. The van der Waals surface area contributed by atoms with Gasteiger partial charge in [0.05, 0.1) is 0 Å². The smallest absolute Gasteiger partial charge is 0.331 e. The summed E-state index contributed by atoms with van der Waals surface area (Å²) in [4.78, 5) is 22.7. The van der Waals surface area contributed by atoms with E-state index in [2.05, 4.69) is 5.32 Å². The predicted octanol–water partition coefficient (Wildman–Crippen LogP) is -0.221. The number of hydrogen-bond donors (Lipinski definition) is 1. The van der Waals surface area contributed by atoms with E-state index in [1.807, 2.05) is 0 Å². The van der Waals surface area contributed by atoms with Crippen LogP contribution in [0.3, 0.4) is 0 Å². The summed E-state index contributed by atoms with van der Waals surface area (Å²) in [7, 11) is 4.49. The number of anilines is 1. The lowest BCUT2D eigenvalue weighted by atomic mass is 10.5. The van der Waals surface area contributed by atoms with E-state index >= 15 is 0 Å². The molecule has 1 aromatic rings. The minimum atomic E-state index is -0.436. The molecule has 0 saturated carbocycles. The Kier molecular flexibility index (Phi) is 2.47. The van der Waals surface area contributed by atoms with Gasteiger partial charge in [-0.3, -0.25) is 13.9 Å². The van der Waals surface area contributed by atoms with E-state index in [0.717, 1.165) is 4.57 Å². The van der Waals surface area contributed by atoms with E-state index in [1.165, 1.54) is 18.7 Å². The van der Waals surface area contributed by atoms with E-state index in [9.17, 15) is 9.59 Å². The highest BCUT2D eigenvalue weighted by atomic mass is 35.5. The fraction of sp³-hybridized carbons (Fsp3) is 0.429. The molecule has 1 heterocycles. The average Bonchev–Trinajstić information content (AvgIpc) is 2.13. The van der Waals surface area contributed by atoms with Gasteiger partial charge >= 0.3 is 5.69 Å². The van der Waals surface area contributed by atoms with Crippen molar-refractivity contribution in [3.8, 4) is 0 Å². The Bertz CT molecular complexity index is 446. The van der Waals surface area contributed by atoms with Crippen molar-refractivity contribution in [3.05, 3.63) is 26.0 Å². The summed E-state index contributed by atoms with van der Waals surface area (Å²) in [6.07, 6.45) is 0. The molecule has 0 spiro atoms. The summed E-state index contributed by atoms with van der Waals surface area (Å²) in [5.41, 5.74) is -0.629. The van der Waals surface area contributed by atoms with Crippen LogP contribution >= 0.6 is 11.6 Å². The van der Waals surface area contributed by atoms with Gasteiger partial charge in [0.1, 0.15) is 10.8 Å². The van der Waals surface area contributed by atoms with E-state index in [-0.39, 0.29) is 10.8 Å². The lowest BCUT2D eigenvalue weighted by molar-refractivity contribution is 0.689. The van der Waals surface area contributed by atoms with Crippen molar-refractivity contribution in [2.75, 3.05) is 12.4 Å². The summed E-state index contributed by atoms with van der Waals surface area (Å²) >= 11 is 5.76. The number of aromatic nitrogens is 2. The van der Waals surface area contributed by atoms with E-state index in [4.69, 9.17) is 11.6 Å². The first-order valence-corrected chi connectivity index (χ1v) is 4.01. The molecule has 0 aliphatic heterocycles. The van der Waals surface area contributed by atoms with Gasteiger partial charge in [-0.15, -0.1) is 0 Å². The third kappa shape index (κ3) is 1.35. The van der Waals surface area contributed by atoms with E-state index < -0.39 is 11.2 Å². The first-order valence-electron chi connectivity index (χ1n) is 3.64. The van der Waals surface area contributed by atoms with E-state index in [0.29, 0.717) is 0 Å². The third-order valence-corrected chi connectivity index (χ3v) is 2.29. The van der Waals surface area contributed by atoms with Crippen LogP contribution in [0.4, 0.5) is 5.69 Å². The zero-order valence-corrected chi connectivity index (χ0v) is 8.34. The van der Waals surface area contributed by atoms with Crippen LogP contribution in [0.25, 0.3) is 0 Å². The molecule has 72 valence electrons. The van der Waals surface area contributed by atoms with Gasteiger partial charge in [-0.25, -0.2) is 4.79 Å². The molecule has 13 heavy (non-hydrogen) atoms. The van der Waals surface area contributed by atoms with Crippen molar-refractivity contribution in [2.24, 2.45) is 14.1 Å². The van der Waals surface area contributed by atoms with Gasteiger partial charge in [-0.1, -0.05) is 11.6 Å². The molecule has 0 aromatic carbocycles. The molecular formula is C7H10ClN3O2. The number of hydrogen-bond acceptors (Lipinski definition) is 3. The van der Waals surface area contributed by atoms with Crippen molar-refractivity contribution >= 4 is 17.3 Å². The monoisotopic (exact) mass is 203 g/mol. The molecule has 1 N–H and O–H groups in total. The van der Waals surface area contributed by atoms with Crippen LogP contribution in [-0.2, 0) is 14.1 Å². The average molecular weight is 204 g/mol. The molecule has 0 saturated heterocycles. The van der Waals surface area contributed by atoms with Crippen molar-refractivity contribution in [1.82, 2.24) is 9.13 Å². The van der Waals surface area contributed by atoms with Crippen LogP contribution in [-0.4, -0.2) is 16.2 Å². The molecule has 0 radical (unpaired) electrons. The highest BCUT2D eigenvalue weighted by Gasteiger charge is 2.11. The lowest BCUT2D eigenvalue weighted by Crippen LogP contribution is -2.38. The van der Waals surface area contributed by atoms with Crippen LogP contribution in [0.2, 0.25) is 5.15 Å². The normalized spacial score (nSPS) is 10.2.